The molecule has 0 spiro atoms. The Morgan fingerprint density at radius 2 is 1.89 bits per heavy atom. The molecular weight excluding hydrogens is 336 g/mol. The van der Waals surface area contributed by atoms with Gasteiger partial charge in [-0.05, 0) is 47.2 Å². The summed E-state index contributed by atoms with van der Waals surface area (Å²) in [4.78, 5) is 0. The maximum Gasteiger partial charge on any atom is 0.142 e. The van der Waals surface area contributed by atoms with Gasteiger partial charge in [0, 0.05) is 16.1 Å². The Morgan fingerprint density at radius 1 is 1.16 bits per heavy atom. The summed E-state index contributed by atoms with van der Waals surface area (Å²) < 4.78 is 28.3. The van der Waals surface area contributed by atoms with E-state index in [0.717, 1.165) is 0 Å². The minimum atomic E-state index is -0.601. The fourth-order valence-corrected chi connectivity index (χ4v) is 2.52. The van der Waals surface area contributed by atoms with E-state index < -0.39 is 17.7 Å². The fraction of sp³-hybridized carbons (Fsp3) is 0.143. The minimum absolute atomic E-state index is 0.312. The molecule has 0 aliphatic heterocycles. The Kier molecular flexibility index (Phi) is 4.55. The van der Waals surface area contributed by atoms with Crippen LogP contribution in [0.5, 0.6) is 0 Å². The first-order chi connectivity index (χ1) is 9.04. The van der Waals surface area contributed by atoms with Crippen LogP contribution in [0.2, 0.25) is 5.02 Å². The van der Waals surface area contributed by atoms with Crippen LogP contribution in [0.1, 0.15) is 17.2 Å². The normalized spacial score (nSPS) is 12.5. The molecule has 2 aromatic rings. The van der Waals surface area contributed by atoms with Crippen LogP contribution in [-0.4, -0.2) is 7.05 Å². The molecule has 2 rings (SSSR count). The number of nitrogens with one attached hydrogen (secondary N) is 1. The van der Waals surface area contributed by atoms with Crippen LogP contribution in [0.3, 0.4) is 0 Å². The zero-order valence-corrected chi connectivity index (χ0v) is 12.4. The van der Waals surface area contributed by atoms with Crippen molar-refractivity contribution in [1.82, 2.24) is 5.32 Å². The van der Waals surface area contributed by atoms with Crippen molar-refractivity contribution in [3.05, 3.63) is 68.7 Å². The highest BCUT2D eigenvalue weighted by atomic mass is 79.9. The Morgan fingerprint density at radius 3 is 2.58 bits per heavy atom. The topological polar surface area (TPSA) is 12.0 Å². The second kappa shape index (κ2) is 5.99. The molecule has 19 heavy (non-hydrogen) atoms. The van der Waals surface area contributed by atoms with Crippen LogP contribution < -0.4 is 5.32 Å². The average molecular weight is 347 g/mol. The van der Waals surface area contributed by atoms with Crippen LogP contribution >= 0.6 is 27.5 Å². The SMILES string of the molecule is CNC(c1cc(Cl)ccc1F)c1cccc(Br)c1F. The molecule has 0 aromatic heterocycles. The molecule has 0 amide bonds. The van der Waals surface area contributed by atoms with Gasteiger partial charge in [0.15, 0.2) is 0 Å². The predicted molar refractivity (Wildman–Crippen MR) is 76.4 cm³/mol. The van der Waals surface area contributed by atoms with E-state index in [1.54, 1.807) is 25.2 Å². The van der Waals surface area contributed by atoms with E-state index >= 15 is 0 Å². The summed E-state index contributed by atoms with van der Waals surface area (Å²) in [5, 5.41) is 3.32. The second-order valence-corrected chi connectivity index (χ2v) is 5.32. The zero-order chi connectivity index (χ0) is 14.0. The Bertz CT molecular complexity index is 602. The van der Waals surface area contributed by atoms with Crippen LogP contribution in [0.15, 0.2) is 40.9 Å². The van der Waals surface area contributed by atoms with Crippen molar-refractivity contribution in [2.24, 2.45) is 0 Å². The van der Waals surface area contributed by atoms with Gasteiger partial charge in [-0.1, -0.05) is 23.7 Å². The van der Waals surface area contributed by atoms with Crippen LogP contribution in [0, 0.1) is 11.6 Å². The Labute approximate surface area is 123 Å². The third-order valence-electron chi connectivity index (χ3n) is 2.85. The Hall–Kier alpha value is -0.970. The highest BCUT2D eigenvalue weighted by Gasteiger charge is 2.20. The molecule has 1 nitrogen and oxygen atoms in total. The van der Waals surface area contributed by atoms with Gasteiger partial charge in [-0.3, -0.25) is 0 Å². The molecule has 0 saturated heterocycles. The van der Waals surface area contributed by atoms with Crippen molar-refractivity contribution >= 4 is 27.5 Å². The molecule has 1 unspecified atom stereocenters. The second-order valence-electron chi connectivity index (χ2n) is 4.03. The largest absolute Gasteiger partial charge is 0.309 e. The molecule has 1 atom stereocenters. The lowest BCUT2D eigenvalue weighted by Gasteiger charge is -2.19. The van der Waals surface area contributed by atoms with E-state index in [9.17, 15) is 8.78 Å². The molecule has 0 fully saturated rings. The molecule has 0 radical (unpaired) electrons. The molecule has 5 heteroatoms. The van der Waals surface area contributed by atoms with Crippen LogP contribution in [0.4, 0.5) is 8.78 Å². The lowest BCUT2D eigenvalue weighted by atomic mass is 9.98. The summed E-state index contributed by atoms with van der Waals surface area (Å²) in [7, 11) is 1.64. The van der Waals surface area contributed by atoms with Crippen LogP contribution in [-0.2, 0) is 0 Å². The maximum atomic E-state index is 14.1. The first-order valence-corrected chi connectivity index (χ1v) is 6.77. The van der Waals surface area contributed by atoms with Gasteiger partial charge in [0.2, 0.25) is 0 Å². The van der Waals surface area contributed by atoms with Crippen molar-refractivity contribution in [2.75, 3.05) is 7.05 Å². The van der Waals surface area contributed by atoms with Crippen molar-refractivity contribution in [1.29, 1.82) is 0 Å². The van der Waals surface area contributed by atoms with Gasteiger partial charge in [0.05, 0.1) is 10.5 Å². The molecule has 0 saturated carbocycles. The van der Waals surface area contributed by atoms with E-state index in [0.29, 0.717) is 20.6 Å². The van der Waals surface area contributed by atoms with Gasteiger partial charge < -0.3 is 5.32 Å². The van der Waals surface area contributed by atoms with Gasteiger partial charge in [-0.25, -0.2) is 8.78 Å². The highest BCUT2D eigenvalue weighted by molar-refractivity contribution is 9.10. The average Bonchev–Trinajstić information content (AvgIpc) is 2.39. The van der Waals surface area contributed by atoms with Crippen LogP contribution in [0.25, 0.3) is 0 Å². The summed E-state index contributed by atoms with van der Waals surface area (Å²) >= 11 is 9.01. The fourth-order valence-electron chi connectivity index (χ4n) is 1.96. The lowest BCUT2D eigenvalue weighted by molar-refractivity contribution is 0.544. The van der Waals surface area contributed by atoms with Gasteiger partial charge in [0.1, 0.15) is 11.6 Å². The van der Waals surface area contributed by atoms with E-state index in [2.05, 4.69) is 21.2 Å². The first-order valence-electron chi connectivity index (χ1n) is 5.60. The van der Waals surface area contributed by atoms with Crippen molar-refractivity contribution in [2.45, 2.75) is 6.04 Å². The van der Waals surface area contributed by atoms with E-state index in [4.69, 9.17) is 11.6 Å². The standard InChI is InChI=1S/C14H11BrClF2N/c1-19-14(9-3-2-4-11(15)13(9)18)10-7-8(16)5-6-12(10)17/h2-7,14,19H,1H3. The molecule has 0 aliphatic rings. The molecule has 0 bridgehead atoms. The molecular formula is C14H11BrClF2N. The van der Waals surface area contributed by atoms with Gasteiger partial charge >= 0.3 is 0 Å². The zero-order valence-electron chi connectivity index (χ0n) is 10.1. The highest BCUT2D eigenvalue weighted by Crippen LogP contribution is 2.30. The monoisotopic (exact) mass is 345 g/mol. The maximum absolute atomic E-state index is 14.1. The first kappa shape index (κ1) is 14.4. The van der Waals surface area contributed by atoms with Crippen molar-refractivity contribution < 1.29 is 8.78 Å². The summed E-state index contributed by atoms with van der Waals surface area (Å²) in [6.45, 7) is 0. The van der Waals surface area contributed by atoms with E-state index in [1.807, 2.05) is 0 Å². The molecule has 0 heterocycles. The molecule has 1 N–H and O–H groups in total. The quantitative estimate of drug-likeness (QED) is 0.850. The van der Waals surface area contributed by atoms with Crippen molar-refractivity contribution in [3.8, 4) is 0 Å². The van der Waals surface area contributed by atoms with Gasteiger partial charge in [-0.15, -0.1) is 0 Å². The van der Waals surface area contributed by atoms with Gasteiger partial charge in [0.25, 0.3) is 0 Å². The van der Waals surface area contributed by atoms with Gasteiger partial charge in [-0.2, -0.15) is 0 Å². The summed E-state index contributed by atoms with van der Waals surface area (Å²) in [5.41, 5.74) is 0.671. The number of halogens is 4. The smallest absolute Gasteiger partial charge is 0.142 e. The third-order valence-corrected chi connectivity index (χ3v) is 3.70. The van der Waals surface area contributed by atoms with E-state index in [-0.39, 0.29) is 0 Å². The molecule has 100 valence electrons. The Balaban J connectivity index is 2.56. The number of hydrogen-bond donors (Lipinski definition) is 1. The number of hydrogen-bond acceptors (Lipinski definition) is 1. The lowest BCUT2D eigenvalue weighted by Crippen LogP contribution is -2.20. The number of benzene rings is 2. The molecule has 2 aromatic carbocycles. The predicted octanol–water partition coefficient (Wildman–Crippen LogP) is 4.69. The summed E-state index contributed by atoms with van der Waals surface area (Å²) in [6, 6.07) is 8.55. The minimum Gasteiger partial charge on any atom is -0.309 e. The van der Waals surface area contributed by atoms with Crippen molar-refractivity contribution in [3.63, 3.8) is 0 Å². The van der Waals surface area contributed by atoms with E-state index in [1.165, 1.54) is 18.2 Å². The molecule has 0 aliphatic carbocycles. The third kappa shape index (κ3) is 2.96. The number of rotatable bonds is 3. The summed E-state index contributed by atoms with van der Waals surface area (Å²) in [6.07, 6.45) is 0. The summed E-state index contributed by atoms with van der Waals surface area (Å²) in [5.74, 6) is -0.843.